The van der Waals surface area contributed by atoms with E-state index in [4.69, 9.17) is 0 Å². The first-order valence-electron chi connectivity index (χ1n) is 6.35. The summed E-state index contributed by atoms with van der Waals surface area (Å²) in [5.74, 6) is 0.868. The standard InChI is InChI=1S/C13H13N3OS/c1-7-13(17)16-6-14-12-10(11(16)15-7)8-4-2-3-5-9(8)18-12/h6-7H,2-5H2,1H3. The summed E-state index contributed by atoms with van der Waals surface area (Å²) in [6, 6.07) is -0.267. The van der Waals surface area contributed by atoms with Gasteiger partial charge in [0.1, 0.15) is 23.2 Å². The largest absolute Gasteiger partial charge is 0.272 e. The minimum absolute atomic E-state index is 0.0372. The molecule has 0 saturated heterocycles. The molecular formula is C13H13N3OS. The molecule has 5 heteroatoms. The van der Waals surface area contributed by atoms with Gasteiger partial charge in [-0.25, -0.2) is 4.99 Å². The summed E-state index contributed by atoms with van der Waals surface area (Å²) in [6.07, 6.45) is 6.39. The molecule has 0 fully saturated rings. The second kappa shape index (κ2) is 3.51. The lowest BCUT2D eigenvalue weighted by molar-refractivity contribution is -0.124. The zero-order valence-corrected chi connectivity index (χ0v) is 11.0. The molecule has 1 aromatic rings. The predicted molar refractivity (Wildman–Crippen MR) is 72.0 cm³/mol. The van der Waals surface area contributed by atoms with E-state index >= 15 is 0 Å². The van der Waals surface area contributed by atoms with E-state index < -0.39 is 0 Å². The first-order valence-corrected chi connectivity index (χ1v) is 7.17. The molecule has 1 amide bonds. The van der Waals surface area contributed by atoms with Gasteiger partial charge in [-0.3, -0.25) is 14.7 Å². The number of carbonyl (C=O) groups excluding carboxylic acids is 1. The fourth-order valence-electron chi connectivity index (χ4n) is 2.89. The third-order valence-electron chi connectivity index (χ3n) is 3.81. The second-order valence-electron chi connectivity index (χ2n) is 4.97. The van der Waals surface area contributed by atoms with Crippen molar-refractivity contribution in [3.05, 3.63) is 16.0 Å². The van der Waals surface area contributed by atoms with E-state index in [0.717, 1.165) is 29.2 Å². The van der Waals surface area contributed by atoms with E-state index in [0.29, 0.717) is 0 Å². The van der Waals surface area contributed by atoms with Crippen LogP contribution < -0.4 is 0 Å². The third-order valence-corrected chi connectivity index (χ3v) is 5.01. The van der Waals surface area contributed by atoms with Crippen LogP contribution in [-0.2, 0) is 17.6 Å². The molecule has 0 bridgehead atoms. The first-order chi connectivity index (χ1) is 8.75. The van der Waals surface area contributed by atoms with Crippen molar-refractivity contribution < 1.29 is 4.79 Å². The smallest absolute Gasteiger partial charge is 0.258 e. The maximum atomic E-state index is 12.0. The van der Waals surface area contributed by atoms with E-state index in [1.165, 1.54) is 23.3 Å². The highest BCUT2D eigenvalue weighted by Crippen LogP contribution is 2.42. The zero-order chi connectivity index (χ0) is 12.3. The van der Waals surface area contributed by atoms with Gasteiger partial charge >= 0.3 is 0 Å². The van der Waals surface area contributed by atoms with E-state index in [1.807, 2.05) is 6.92 Å². The number of aryl methyl sites for hydroxylation is 1. The molecule has 1 unspecified atom stereocenters. The number of fused-ring (bicyclic) bond motifs is 5. The van der Waals surface area contributed by atoms with Crippen molar-refractivity contribution in [2.75, 3.05) is 0 Å². The minimum atomic E-state index is -0.267. The van der Waals surface area contributed by atoms with Crippen LogP contribution in [0.25, 0.3) is 0 Å². The highest BCUT2D eigenvalue weighted by atomic mass is 32.1. The Morgan fingerprint density at radius 1 is 1.39 bits per heavy atom. The third kappa shape index (κ3) is 1.22. The Morgan fingerprint density at radius 2 is 2.22 bits per heavy atom. The molecule has 4 nitrogen and oxygen atoms in total. The molecule has 1 atom stereocenters. The van der Waals surface area contributed by atoms with Crippen molar-refractivity contribution in [3.63, 3.8) is 0 Å². The van der Waals surface area contributed by atoms with Gasteiger partial charge < -0.3 is 0 Å². The Bertz CT molecular complexity index is 614. The van der Waals surface area contributed by atoms with Crippen LogP contribution >= 0.6 is 11.3 Å². The van der Waals surface area contributed by atoms with Crippen molar-refractivity contribution in [3.8, 4) is 0 Å². The van der Waals surface area contributed by atoms with Crippen molar-refractivity contribution >= 4 is 34.4 Å². The molecule has 2 aliphatic heterocycles. The molecule has 0 N–H and O–H groups in total. The van der Waals surface area contributed by atoms with Crippen molar-refractivity contribution in [2.45, 2.75) is 38.6 Å². The number of aliphatic imine (C=N–C) groups is 2. The molecule has 1 aliphatic carbocycles. The Kier molecular flexibility index (Phi) is 2.03. The van der Waals surface area contributed by atoms with E-state index in [-0.39, 0.29) is 11.9 Å². The van der Waals surface area contributed by atoms with Crippen LogP contribution in [0.4, 0.5) is 5.00 Å². The number of carbonyl (C=O) groups is 1. The molecule has 92 valence electrons. The van der Waals surface area contributed by atoms with Crippen molar-refractivity contribution in [1.29, 1.82) is 0 Å². The lowest BCUT2D eigenvalue weighted by Crippen LogP contribution is -2.35. The number of amides is 1. The number of nitrogens with zero attached hydrogens (tertiary/aromatic N) is 3. The molecule has 18 heavy (non-hydrogen) atoms. The summed E-state index contributed by atoms with van der Waals surface area (Å²) in [7, 11) is 0. The van der Waals surface area contributed by atoms with Crippen LogP contribution in [0.2, 0.25) is 0 Å². The maximum Gasteiger partial charge on any atom is 0.258 e. The van der Waals surface area contributed by atoms with Crippen molar-refractivity contribution in [2.24, 2.45) is 9.98 Å². The van der Waals surface area contributed by atoms with Crippen molar-refractivity contribution in [1.82, 2.24) is 4.90 Å². The van der Waals surface area contributed by atoms with Gasteiger partial charge in [0.05, 0.1) is 5.56 Å². The number of amidine groups is 1. The Hall–Kier alpha value is -1.49. The molecule has 3 aliphatic rings. The summed E-state index contributed by atoms with van der Waals surface area (Å²) < 4.78 is 0. The van der Waals surface area contributed by atoms with Crippen LogP contribution in [0.5, 0.6) is 0 Å². The Morgan fingerprint density at radius 3 is 3.11 bits per heavy atom. The molecule has 0 spiro atoms. The Labute approximate surface area is 109 Å². The lowest BCUT2D eigenvalue weighted by atomic mass is 9.94. The topological polar surface area (TPSA) is 45.0 Å². The molecule has 0 saturated carbocycles. The summed E-state index contributed by atoms with van der Waals surface area (Å²) in [4.78, 5) is 24.0. The number of hydrogen-bond donors (Lipinski definition) is 0. The monoisotopic (exact) mass is 259 g/mol. The van der Waals surface area contributed by atoms with Gasteiger partial charge in [0.2, 0.25) is 0 Å². The first kappa shape index (κ1) is 10.4. The van der Waals surface area contributed by atoms with E-state index in [9.17, 15) is 4.79 Å². The minimum Gasteiger partial charge on any atom is -0.272 e. The summed E-state index contributed by atoms with van der Waals surface area (Å²) in [6.45, 7) is 1.85. The maximum absolute atomic E-state index is 12.0. The number of thiophene rings is 1. The number of rotatable bonds is 0. The molecule has 0 radical (unpaired) electrons. The van der Waals surface area contributed by atoms with Gasteiger partial charge in [0.15, 0.2) is 0 Å². The van der Waals surface area contributed by atoms with Crippen LogP contribution in [0.1, 0.15) is 35.8 Å². The Balaban J connectivity index is 1.93. The molecule has 1 aromatic heterocycles. The normalized spacial score (nSPS) is 24.7. The second-order valence-corrected chi connectivity index (χ2v) is 6.06. The summed E-state index contributed by atoms with van der Waals surface area (Å²) >= 11 is 1.77. The quantitative estimate of drug-likeness (QED) is 0.705. The predicted octanol–water partition coefficient (Wildman–Crippen LogP) is 2.28. The van der Waals surface area contributed by atoms with Crippen LogP contribution in [0.3, 0.4) is 0 Å². The van der Waals surface area contributed by atoms with Gasteiger partial charge in [-0.05, 0) is 38.2 Å². The van der Waals surface area contributed by atoms with E-state index in [1.54, 1.807) is 22.6 Å². The van der Waals surface area contributed by atoms with E-state index in [2.05, 4.69) is 9.98 Å². The van der Waals surface area contributed by atoms with Crippen LogP contribution in [0, 0.1) is 0 Å². The molecular weight excluding hydrogens is 246 g/mol. The SMILES string of the molecule is CC1N=C2c3c(sc4c3CCCC4)N=CN2C1=O. The van der Waals surface area contributed by atoms with Gasteiger partial charge in [-0.15, -0.1) is 11.3 Å². The zero-order valence-electron chi connectivity index (χ0n) is 10.1. The highest BCUT2D eigenvalue weighted by Gasteiger charge is 2.37. The molecule has 4 rings (SSSR count). The van der Waals surface area contributed by atoms with Gasteiger partial charge in [0.25, 0.3) is 5.91 Å². The fourth-order valence-corrected chi connectivity index (χ4v) is 4.11. The van der Waals surface area contributed by atoms with Gasteiger partial charge in [0, 0.05) is 4.88 Å². The average Bonchev–Trinajstić information content (AvgIpc) is 2.88. The fraction of sp³-hybridized carbons (Fsp3) is 0.462. The summed E-state index contributed by atoms with van der Waals surface area (Å²) in [5, 5.41) is 1.04. The number of hydrogen-bond acceptors (Lipinski definition) is 4. The highest BCUT2D eigenvalue weighted by molar-refractivity contribution is 7.16. The average molecular weight is 259 g/mol. The van der Waals surface area contributed by atoms with Gasteiger partial charge in [-0.1, -0.05) is 0 Å². The summed E-state index contributed by atoms with van der Waals surface area (Å²) in [5.41, 5.74) is 2.53. The lowest BCUT2D eigenvalue weighted by Gasteiger charge is -2.19. The van der Waals surface area contributed by atoms with Crippen LogP contribution in [0.15, 0.2) is 9.98 Å². The van der Waals surface area contributed by atoms with Gasteiger partial charge in [-0.2, -0.15) is 0 Å². The van der Waals surface area contributed by atoms with Crippen LogP contribution in [-0.4, -0.2) is 29.0 Å². The molecule has 0 aromatic carbocycles. The molecule has 3 heterocycles.